The molecule has 3 aromatic rings. The van der Waals surface area contributed by atoms with Crippen molar-refractivity contribution in [3.05, 3.63) is 46.5 Å². The first-order valence-corrected chi connectivity index (χ1v) is 7.40. The molecule has 0 bridgehead atoms. The molecule has 0 atom stereocenters. The molecule has 0 radical (unpaired) electrons. The van der Waals surface area contributed by atoms with Crippen LogP contribution in [0.15, 0.2) is 36.7 Å². The number of nitrogen functional groups attached to an aromatic ring is 1. The van der Waals surface area contributed by atoms with Gasteiger partial charge in [0.05, 0.1) is 17.7 Å². The van der Waals surface area contributed by atoms with E-state index in [9.17, 15) is 0 Å². The Bertz CT molecular complexity index is 736. The second-order valence-corrected chi connectivity index (χ2v) is 5.73. The quantitative estimate of drug-likeness (QED) is 0.720. The lowest BCUT2D eigenvalue weighted by Crippen LogP contribution is -2.00. The summed E-state index contributed by atoms with van der Waals surface area (Å²) in [6, 6.07) is 7.83. The zero-order chi connectivity index (χ0) is 13.9. The van der Waals surface area contributed by atoms with Gasteiger partial charge in [-0.05, 0) is 30.7 Å². The Hall–Kier alpha value is -2.14. The summed E-state index contributed by atoms with van der Waals surface area (Å²) in [5, 5.41) is 5.56. The molecule has 3 N–H and O–H groups in total. The van der Waals surface area contributed by atoms with E-state index in [-0.39, 0.29) is 0 Å². The maximum atomic E-state index is 5.95. The molecule has 0 saturated carbocycles. The number of nitrogens with two attached hydrogens (primary N) is 1. The second-order valence-electron chi connectivity index (χ2n) is 4.53. The first kappa shape index (κ1) is 12.9. The van der Waals surface area contributed by atoms with Gasteiger partial charge >= 0.3 is 0 Å². The molecule has 0 spiro atoms. The van der Waals surface area contributed by atoms with Crippen LogP contribution < -0.4 is 11.1 Å². The van der Waals surface area contributed by atoms with Gasteiger partial charge in [0.1, 0.15) is 5.01 Å². The minimum atomic E-state index is 0.702. The van der Waals surface area contributed by atoms with E-state index < -0.39 is 0 Å². The number of aryl methyl sites for hydroxylation is 1. The van der Waals surface area contributed by atoms with Crippen molar-refractivity contribution >= 4 is 33.6 Å². The highest BCUT2D eigenvalue weighted by Crippen LogP contribution is 2.27. The Kier molecular flexibility index (Phi) is 3.52. The molecule has 102 valence electrons. The number of anilines is 2. The van der Waals surface area contributed by atoms with Crippen LogP contribution in [-0.4, -0.2) is 9.97 Å². The molecule has 2 aromatic heterocycles. The maximum absolute atomic E-state index is 5.95. The van der Waals surface area contributed by atoms with Crippen LogP contribution in [0.2, 0.25) is 0 Å². The van der Waals surface area contributed by atoms with Gasteiger partial charge in [-0.1, -0.05) is 6.92 Å². The molecule has 20 heavy (non-hydrogen) atoms. The molecule has 0 aliphatic rings. The first-order valence-electron chi connectivity index (χ1n) is 6.58. The third-order valence-corrected chi connectivity index (χ3v) is 4.32. The summed E-state index contributed by atoms with van der Waals surface area (Å²) in [6.07, 6.45) is 4.74. The number of pyridine rings is 1. The Balaban J connectivity index is 1.86. The average Bonchev–Trinajstić information content (AvgIpc) is 2.95. The average molecular weight is 284 g/mol. The SMILES string of the molecule is CCc1cnc(CNc2ccc(N)c3ncccc23)s1. The molecule has 0 aliphatic carbocycles. The van der Waals surface area contributed by atoms with Gasteiger partial charge in [-0.2, -0.15) is 0 Å². The van der Waals surface area contributed by atoms with Gasteiger partial charge in [0.25, 0.3) is 0 Å². The maximum Gasteiger partial charge on any atom is 0.112 e. The molecule has 1 aromatic carbocycles. The highest BCUT2D eigenvalue weighted by Gasteiger charge is 2.06. The molecule has 5 heteroatoms. The summed E-state index contributed by atoms with van der Waals surface area (Å²) in [4.78, 5) is 10.1. The smallest absolute Gasteiger partial charge is 0.112 e. The third-order valence-electron chi connectivity index (χ3n) is 3.18. The van der Waals surface area contributed by atoms with Crippen LogP contribution in [-0.2, 0) is 13.0 Å². The van der Waals surface area contributed by atoms with E-state index in [1.54, 1.807) is 17.5 Å². The number of rotatable bonds is 4. The van der Waals surface area contributed by atoms with Gasteiger partial charge in [0.2, 0.25) is 0 Å². The van der Waals surface area contributed by atoms with E-state index in [4.69, 9.17) is 5.73 Å². The lowest BCUT2D eigenvalue weighted by atomic mass is 10.1. The van der Waals surface area contributed by atoms with Gasteiger partial charge in [-0.3, -0.25) is 4.98 Å². The standard InChI is InChI=1S/C15H16N4S/c1-2-10-8-19-14(20-10)9-18-13-6-5-12(16)15-11(13)4-3-7-17-15/h3-8,18H,2,9,16H2,1H3. The van der Waals surface area contributed by atoms with Crippen LogP contribution in [0.5, 0.6) is 0 Å². The zero-order valence-corrected chi connectivity index (χ0v) is 12.1. The summed E-state index contributed by atoms with van der Waals surface area (Å²) in [6.45, 7) is 2.86. The molecular weight excluding hydrogens is 268 g/mol. The predicted octanol–water partition coefficient (Wildman–Crippen LogP) is 3.45. The molecule has 4 nitrogen and oxygen atoms in total. The van der Waals surface area contributed by atoms with Crippen molar-refractivity contribution < 1.29 is 0 Å². The van der Waals surface area contributed by atoms with Crippen molar-refractivity contribution in [3.8, 4) is 0 Å². The van der Waals surface area contributed by atoms with Crippen molar-refractivity contribution in [1.82, 2.24) is 9.97 Å². The van der Waals surface area contributed by atoms with Crippen LogP contribution in [0, 0.1) is 0 Å². The highest BCUT2D eigenvalue weighted by molar-refractivity contribution is 7.11. The number of hydrogen-bond donors (Lipinski definition) is 2. The Morgan fingerprint density at radius 2 is 2.15 bits per heavy atom. The highest BCUT2D eigenvalue weighted by atomic mass is 32.1. The minimum absolute atomic E-state index is 0.702. The lowest BCUT2D eigenvalue weighted by molar-refractivity contribution is 1.10. The van der Waals surface area contributed by atoms with E-state index in [1.807, 2.05) is 30.5 Å². The van der Waals surface area contributed by atoms with E-state index in [1.165, 1.54) is 4.88 Å². The molecule has 0 saturated heterocycles. The van der Waals surface area contributed by atoms with Crippen LogP contribution in [0.4, 0.5) is 11.4 Å². The monoisotopic (exact) mass is 284 g/mol. The summed E-state index contributed by atoms with van der Waals surface area (Å²) >= 11 is 1.75. The van der Waals surface area contributed by atoms with Gasteiger partial charge in [-0.15, -0.1) is 11.3 Å². The van der Waals surface area contributed by atoms with Gasteiger partial charge in [-0.25, -0.2) is 4.98 Å². The summed E-state index contributed by atoms with van der Waals surface area (Å²) in [5.41, 5.74) is 8.53. The first-order chi connectivity index (χ1) is 9.78. The second kappa shape index (κ2) is 5.46. The van der Waals surface area contributed by atoms with Crippen LogP contribution in [0.1, 0.15) is 16.8 Å². The molecular formula is C15H16N4S. The molecule has 3 rings (SSSR count). The van der Waals surface area contributed by atoms with Crippen LogP contribution in [0.3, 0.4) is 0 Å². The molecule has 0 fully saturated rings. The fourth-order valence-corrected chi connectivity index (χ4v) is 2.91. The molecule has 0 amide bonds. The number of benzene rings is 1. The summed E-state index contributed by atoms with van der Waals surface area (Å²) in [5.74, 6) is 0. The van der Waals surface area contributed by atoms with Crippen molar-refractivity contribution in [1.29, 1.82) is 0 Å². The fraction of sp³-hybridized carbons (Fsp3) is 0.200. The number of thiazole rings is 1. The van der Waals surface area contributed by atoms with Crippen LogP contribution in [0.25, 0.3) is 10.9 Å². The number of hydrogen-bond acceptors (Lipinski definition) is 5. The Morgan fingerprint density at radius 1 is 1.25 bits per heavy atom. The number of fused-ring (bicyclic) bond motifs is 1. The molecule has 0 unspecified atom stereocenters. The number of aromatic nitrogens is 2. The Morgan fingerprint density at radius 3 is 2.95 bits per heavy atom. The Labute approximate surface area is 121 Å². The van der Waals surface area contributed by atoms with Crippen molar-refractivity contribution in [3.63, 3.8) is 0 Å². The fourth-order valence-electron chi connectivity index (χ4n) is 2.11. The molecule has 0 aliphatic heterocycles. The van der Waals surface area contributed by atoms with Gasteiger partial charge in [0, 0.05) is 28.3 Å². The third kappa shape index (κ3) is 2.44. The largest absolute Gasteiger partial charge is 0.397 e. The van der Waals surface area contributed by atoms with E-state index >= 15 is 0 Å². The van der Waals surface area contributed by atoms with Gasteiger partial charge < -0.3 is 11.1 Å². The number of nitrogens with zero attached hydrogens (tertiary/aromatic N) is 2. The van der Waals surface area contributed by atoms with E-state index in [0.717, 1.165) is 34.6 Å². The normalized spacial score (nSPS) is 10.8. The molecule has 2 heterocycles. The summed E-state index contributed by atoms with van der Waals surface area (Å²) < 4.78 is 0. The van der Waals surface area contributed by atoms with Crippen molar-refractivity contribution in [2.45, 2.75) is 19.9 Å². The zero-order valence-electron chi connectivity index (χ0n) is 11.3. The van der Waals surface area contributed by atoms with Crippen molar-refractivity contribution in [2.24, 2.45) is 0 Å². The van der Waals surface area contributed by atoms with E-state index in [2.05, 4.69) is 22.2 Å². The predicted molar refractivity (Wildman–Crippen MR) is 85.0 cm³/mol. The van der Waals surface area contributed by atoms with E-state index in [0.29, 0.717) is 5.69 Å². The lowest BCUT2D eigenvalue weighted by Gasteiger charge is -2.09. The van der Waals surface area contributed by atoms with Crippen molar-refractivity contribution in [2.75, 3.05) is 11.1 Å². The summed E-state index contributed by atoms with van der Waals surface area (Å²) in [7, 11) is 0. The van der Waals surface area contributed by atoms with Crippen LogP contribution >= 0.6 is 11.3 Å². The number of nitrogens with one attached hydrogen (secondary N) is 1. The van der Waals surface area contributed by atoms with Gasteiger partial charge in [0.15, 0.2) is 0 Å². The topological polar surface area (TPSA) is 63.8 Å². The minimum Gasteiger partial charge on any atom is -0.397 e.